The van der Waals surface area contributed by atoms with Crippen LogP contribution in [0.15, 0.2) is 12.2 Å². The van der Waals surface area contributed by atoms with Crippen LogP contribution in [0, 0.1) is 17.8 Å². The number of carbonyl (C=O) groups excluding carboxylic acids is 1. The van der Waals surface area contributed by atoms with Crippen molar-refractivity contribution in [2.75, 3.05) is 0 Å². The maximum absolute atomic E-state index is 11.2. The lowest BCUT2D eigenvalue weighted by Gasteiger charge is -2.36. The maximum atomic E-state index is 11.2. The second-order valence-corrected chi connectivity index (χ2v) is 3.84. The van der Waals surface area contributed by atoms with Crippen LogP contribution in [-0.2, 0) is 4.79 Å². The minimum Gasteiger partial charge on any atom is -0.300 e. The van der Waals surface area contributed by atoms with Gasteiger partial charge in [0.1, 0.15) is 5.78 Å². The number of ketones is 1. The lowest BCUT2D eigenvalue weighted by atomic mass is 9.68. The number of allylic oxidation sites excluding steroid dienone is 2. The summed E-state index contributed by atoms with van der Waals surface area (Å²) >= 11 is 0. The molecule has 11 heavy (non-hydrogen) atoms. The predicted octanol–water partition coefficient (Wildman–Crippen LogP) is 2.18. The zero-order valence-corrected chi connectivity index (χ0v) is 6.92. The number of fused-ring (bicyclic) bond motifs is 2. The third-order valence-corrected chi connectivity index (χ3v) is 3.10. The highest BCUT2D eigenvalue weighted by atomic mass is 16.1. The van der Waals surface area contributed by atoms with Crippen molar-refractivity contribution in [3.63, 3.8) is 0 Å². The molecule has 1 nitrogen and oxygen atoms in total. The Balaban J connectivity index is 2.17. The van der Waals surface area contributed by atoms with Gasteiger partial charge in [-0.1, -0.05) is 12.2 Å². The van der Waals surface area contributed by atoms with E-state index in [1.54, 1.807) is 6.92 Å². The second-order valence-electron chi connectivity index (χ2n) is 3.84. The number of Topliss-reactive ketones (excluding diaryl/α,β-unsaturated/α-hetero) is 1. The minimum absolute atomic E-state index is 0.360. The van der Waals surface area contributed by atoms with Crippen molar-refractivity contribution in [3.05, 3.63) is 12.2 Å². The van der Waals surface area contributed by atoms with Gasteiger partial charge in [-0.15, -0.1) is 0 Å². The molecular formula is C10H14O. The summed E-state index contributed by atoms with van der Waals surface area (Å²) in [7, 11) is 0. The Morgan fingerprint density at radius 2 is 2.18 bits per heavy atom. The van der Waals surface area contributed by atoms with Gasteiger partial charge in [-0.05, 0) is 38.0 Å². The third-order valence-electron chi connectivity index (χ3n) is 3.10. The molecule has 1 heteroatoms. The largest absolute Gasteiger partial charge is 0.300 e. The van der Waals surface area contributed by atoms with Crippen molar-refractivity contribution in [1.82, 2.24) is 0 Å². The first-order chi connectivity index (χ1) is 5.27. The van der Waals surface area contributed by atoms with E-state index in [1.165, 1.54) is 12.8 Å². The van der Waals surface area contributed by atoms with Gasteiger partial charge in [-0.3, -0.25) is 4.79 Å². The highest BCUT2D eigenvalue weighted by Gasteiger charge is 2.33. The molecule has 0 unspecified atom stereocenters. The van der Waals surface area contributed by atoms with Gasteiger partial charge >= 0.3 is 0 Å². The van der Waals surface area contributed by atoms with Gasteiger partial charge in [-0.25, -0.2) is 0 Å². The van der Waals surface area contributed by atoms with E-state index in [0.29, 0.717) is 23.5 Å². The van der Waals surface area contributed by atoms with E-state index in [0.717, 1.165) is 6.42 Å². The van der Waals surface area contributed by atoms with Crippen molar-refractivity contribution in [2.45, 2.75) is 26.2 Å². The van der Waals surface area contributed by atoms with Crippen molar-refractivity contribution in [2.24, 2.45) is 17.8 Å². The number of rotatable bonds is 1. The zero-order chi connectivity index (χ0) is 7.84. The standard InChI is InChI=1S/C10H14O/c1-7(11)10-6-8-2-4-9(10)5-3-8/h2,4,8-10H,3,5-6H2,1H3/t8-,9+,10-/m1/s1. The lowest BCUT2D eigenvalue weighted by molar-refractivity contribution is -0.123. The lowest BCUT2D eigenvalue weighted by Crippen LogP contribution is -2.31. The summed E-state index contributed by atoms with van der Waals surface area (Å²) in [5.41, 5.74) is 0. The Morgan fingerprint density at radius 1 is 1.36 bits per heavy atom. The van der Waals surface area contributed by atoms with Crippen LogP contribution < -0.4 is 0 Å². The van der Waals surface area contributed by atoms with Crippen LogP contribution in [0.3, 0.4) is 0 Å². The van der Waals surface area contributed by atoms with Crippen LogP contribution in [-0.4, -0.2) is 5.78 Å². The normalized spacial score (nSPS) is 41.0. The highest BCUT2D eigenvalue weighted by Crippen LogP contribution is 2.40. The fraction of sp³-hybridized carbons (Fsp3) is 0.700. The number of carbonyl (C=O) groups is 1. The minimum atomic E-state index is 0.360. The van der Waals surface area contributed by atoms with Crippen LogP contribution in [0.2, 0.25) is 0 Å². The molecule has 0 heterocycles. The van der Waals surface area contributed by atoms with Crippen molar-refractivity contribution < 1.29 is 4.79 Å². The summed E-state index contributed by atoms with van der Waals surface area (Å²) in [6, 6.07) is 0. The molecule has 3 aliphatic carbocycles. The molecule has 60 valence electrons. The maximum Gasteiger partial charge on any atom is 0.133 e. The first kappa shape index (κ1) is 7.08. The van der Waals surface area contributed by atoms with Crippen LogP contribution in [0.1, 0.15) is 26.2 Å². The Kier molecular flexibility index (Phi) is 1.59. The summed E-state index contributed by atoms with van der Waals surface area (Å²) in [6.07, 6.45) is 8.23. The van der Waals surface area contributed by atoms with Crippen molar-refractivity contribution in [1.29, 1.82) is 0 Å². The van der Waals surface area contributed by atoms with Crippen LogP contribution in [0.4, 0.5) is 0 Å². The molecule has 1 fully saturated rings. The molecule has 1 saturated carbocycles. The SMILES string of the molecule is CC(=O)[C@H]1C[C@@H]2C=C[C@H]1CC2. The van der Waals surface area contributed by atoms with Crippen LogP contribution in [0.25, 0.3) is 0 Å². The number of hydrogen-bond acceptors (Lipinski definition) is 1. The molecule has 3 atom stereocenters. The van der Waals surface area contributed by atoms with E-state index in [-0.39, 0.29) is 0 Å². The Hall–Kier alpha value is -0.590. The summed E-state index contributed by atoms with van der Waals surface area (Å²) in [6.45, 7) is 1.74. The topological polar surface area (TPSA) is 17.1 Å². The molecule has 0 radical (unpaired) electrons. The van der Waals surface area contributed by atoms with Gasteiger partial charge in [0.05, 0.1) is 0 Å². The first-order valence-corrected chi connectivity index (χ1v) is 4.46. The summed E-state index contributed by atoms with van der Waals surface area (Å²) < 4.78 is 0. The predicted molar refractivity (Wildman–Crippen MR) is 44.1 cm³/mol. The van der Waals surface area contributed by atoms with E-state index in [2.05, 4.69) is 12.2 Å². The first-order valence-electron chi connectivity index (χ1n) is 4.46. The molecular weight excluding hydrogens is 136 g/mol. The zero-order valence-electron chi connectivity index (χ0n) is 6.92. The van der Waals surface area contributed by atoms with E-state index < -0.39 is 0 Å². The molecule has 0 aromatic heterocycles. The molecule has 0 spiro atoms. The fourth-order valence-corrected chi connectivity index (χ4v) is 2.40. The Morgan fingerprint density at radius 3 is 2.45 bits per heavy atom. The van der Waals surface area contributed by atoms with E-state index >= 15 is 0 Å². The molecule has 0 saturated heterocycles. The summed E-state index contributed by atoms with van der Waals surface area (Å²) in [5.74, 6) is 2.05. The summed E-state index contributed by atoms with van der Waals surface area (Å²) in [4.78, 5) is 11.2. The quantitative estimate of drug-likeness (QED) is 0.523. The Labute approximate surface area is 67.5 Å². The smallest absolute Gasteiger partial charge is 0.133 e. The van der Waals surface area contributed by atoms with Crippen molar-refractivity contribution in [3.8, 4) is 0 Å². The van der Waals surface area contributed by atoms with Crippen LogP contribution in [0.5, 0.6) is 0 Å². The second kappa shape index (κ2) is 2.47. The van der Waals surface area contributed by atoms with Gasteiger partial charge in [0.2, 0.25) is 0 Å². The van der Waals surface area contributed by atoms with E-state index in [9.17, 15) is 4.79 Å². The monoisotopic (exact) mass is 150 g/mol. The molecule has 0 aliphatic heterocycles. The summed E-state index contributed by atoms with van der Waals surface area (Å²) in [5, 5.41) is 0. The van der Waals surface area contributed by atoms with Gasteiger partial charge in [0.15, 0.2) is 0 Å². The van der Waals surface area contributed by atoms with Crippen molar-refractivity contribution >= 4 is 5.78 Å². The van der Waals surface area contributed by atoms with E-state index in [4.69, 9.17) is 0 Å². The third kappa shape index (κ3) is 1.13. The van der Waals surface area contributed by atoms with Gasteiger partial charge < -0.3 is 0 Å². The van der Waals surface area contributed by atoms with Gasteiger partial charge in [-0.2, -0.15) is 0 Å². The molecule has 3 aliphatic rings. The number of hydrogen-bond donors (Lipinski definition) is 0. The molecule has 0 N–H and O–H groups in total. The van der Waals surface area contributed by atoms with Crippen LogP contribution >= 0.6 is 0 Å². The molecule has 0 amide bonds. The average molecular weight is 150 g/mol. The van der Waals surface area contributed by atoms with Gasteiger partial charge in [0.25, 0.3) is 0 Å². The molecule has 2 bridgehead atoms. The molecule has 0 aromatic rings. The molecule has 0 aromatic carbocycles. The van der Waals surface area contributed by atoms with Gasteiger partial charge in [0, 0.05) is 5.92 Å². The highest BCUT2D eigenvalue weighted by molar-refractivity contribution is 5.79. The fourth-order valence-electron chi connectivity index (χ4n) is 2.40. The molecule has 3 rings (SSSR count). The average Bonchev–Trinajstić information content (AvgIpc) is 2.06. The Bertz CT molecular complexity index is 205. The van der Waals surface area contributed by atoms with E-state index in [1.807, 2.05) is 0 Å².